The van der Waals surface area contributed by atoms with Crippen LogP contribution in [0.25, 0.3) is 11.1 Å². The Balaban J connectivity index is 1.60. The third kappa shape index (κ3) is 7.00. The van der Waals surface area contributed by atoms with E-state index >= 15 is 0 Å². The Kier molecular flexibility index (Phi) is 7.08. The molecule has 0 aliphatic heterocycles. The molecule has 1 N–H and O–H groups in total. The van der Waals surface area contributed by atoms with Crippen LogP contribution < -0.4 is 5.32 Å². The Bertz CT molecular complexity index is 1020. The molecule has 0 saturated carbocycles. The summed E-state index contributed by atoms with van der Waals surface area (Å²) in [5, 5.41) is 2.74. The first-order chi connectivity index (χ1) is 14.8. The van der Waals surface area contributed by atoms with Crippen molar-refractivity contribution in [1.29, 1.82) is 0 Å². The second kappa shape index (κ2) is 9.94. The molecule has 0 unspecified atom stereocenters. The number of hydrogen-bond donors (Lipinski definition) is 1. The zero-order chi connectivity index (χ0) is 22.3. The van der Waals surface area contributed by atoms with Crippen LogP contribution in [0.15, 0.2) is 78.9 Å². The number of alkyl carbamates (subject to hydrolysis) is 1. The van der Waals surface area contributed by atoms with Crippen molar-refractivity contribution in [2.45, 2.75) is 39.5 Å². The quantitative estimate of drug-likeness (QED) is 0.520. The maximum Gasteiger partial charge on any atom is 0.407 e. The SMILES string of the molecule is CC(C)(C)OC(=O)NCc1ccc(-c2cccc(C(=O)OCc3ccccc3)c2)cc1. The third-order valence-electron chi connectivity index (χ3n) is 4.43. The van der Waals surface area contributed by atoms with Crippen LogP contribution >= 0.6 is 0 Å². The van der Waals surface area contributed by atoms with Crippen molar-refractivity contribution in [3.05, 3.63) is 95.6 Å². The van der Waals surface area contributed by atoms with Gasteiger partial charge in [0, 0.05) is 6.54 Å². The minimum absolute atomic E-state index is 0.239. The van der Waals surface area contributed by atoms with Gasteiger partial charge in [-0.15, -0.1) is 0 Å². The number of carbonyl (C=O) groups excluding carboxylic acids is 2. The number of hydrogen-bond acceptors (Lipinski definition) is 4. The second-order valence-electron chi connectivity index (χ2n) is 8.19. The third-order valence-corrected chi connectivity index (χ3v) is 4.43. The number of carbonyl (C=O) groups is 2. The standard InChI is InChI=1S/C26H27NO4/c1-26(2,3)31-25(29)27-17-19-12-14-21(15-13-19)22-10-7-11-23(16-22)24(28)30-18-20-8-5-4-6-9-20/h4-16H,17-18H2,1-3H3,(H,27,29). The van der Waals surface area contributed by atoms with Crippen molar-refractivity contribution < 1.29 is 19.1 Å². The Morgan fingerprint density at radius 3 is 2.19 bits per heavy atom. The first kappa shape index (κ1) is 22.1. The van der Waals surface area contributed by atoms with E-state index in [-0.39, 0.29) is 12.6 Å². The summed E-state index contributed by atoms with van der Waals surface area (Å²) in [6, 6.07) is 24.7. The number of rotatable bonds is 6. The topological polar surface area (TPSA) is 64.6 Å². The van der Waals surface area contributed by atoms with Crippen molar-refractivity contribution >= 4 is 12.1 Å². The number of amides is 1. The van der Waals surface area contributed by atoms with Gasteiger partial charge in [0.05, 0.1) is 5.56 Å². The zero-order valence-electron chi connectivity index (χ0n) is 18.1. The molecule has 0 aliphatic rings. The summed E-state index contributed by atoms with van der Waals surface area (Å²) in [6.45, 7) is 6.09. The van der Waals surface area contributed by atoms with Gasteiger partial charge in [-0.2, -0.15) is 0 Å². The zero-order valence-corrected chi connectivity index (χ0v) is 18.1. The number of esters is 1. The van der Waals surface area contributed by atoms with Crippen molar-refractivity contribution in [3.8, 4) is 11.1 Å². The molecule has 0 heterocycles. The molecule has 5 heteroatoms. The molecule has 0 fully saturated rings. The van der Waals surface area contributed by atoms with Crippen molar-refractivity contribution in [1.82, 2.24) is 5.32 Å². The van der Waals surface area contributed by atoms with Gasteiger partial charge in [0.1, 0.15) is 12.2 Å². The smallest absolute Gasteiger partial charge is 0.407 e. The predicted molar refractivity (Wildman–Crippen MR) is 121 cm³/mol. The predicted octanol–water partition coefficient (Wildman–Crippen LogP) is 5.74. The van der Waals surface area contributed by atoms with Gasteiger partial charge in [0.2, 0.25) is 0 Å². The van der Waals surface area contributed by atoms with Crippen LogP contribution in [0, 0.1) is 0 Å². The highest BCUT2D eigenvalue weighted by Gasteiger charge is 2.15. The summed E-state index contributed by atoms with van der Waals surface area (Å²) in [6.07, 6.45) is -0.446. The molecule has 0 spiro atoms. The van der Waals surface area contributed by atoms with Crippen LogP contribution in [0.1, 0.15) is 42.3 Å². The van der Waals surface area contributed by atoms with E-state index in [4.69, 9.17) is 9.47 Å². The molecule has 0 atom stereocenters. The lowest BCUT2D eigenvalue weighted by atomic mass is 10.0. The summed E-state index contributed by atoms with van der Waals surface area (Å²) in [4.78, 5) is 24.2. The van der Waals surface area contributed by atoms with Gasteiger partial charge >= 0.3 is 12.1 Å². The highest BCUT2D eigenvalue weighted by atomic mass is 16.6. The largest absolute Gasteiger partial charge is 0.457 e. The van der Waals surface area contributed by atoms with E-state index in [0.717, 1.165) is 22.3 Å². The molecule has 1 amide bonds. The molecule has 160 valence electrons. The Hall–Kier alpha value is -3.60. The van der Waals surface area contributed by atoms with E-state index in [1.165, 1.54) is 0 Å². The molecular formula is C26H27NO4. The van der Waals surface area contributed by atoms with E-state index in [0.29, 0.717) is 12.1 Å². The fourth-order valence-electron chi connectivity index (χ4n) is 2.94. The normalized spacial score (nSPS) is 10.9. The molecule has 31 heavy (non-hydrogen) atoms. The summed E-state index contributed by atoms with van der Waals surface area (Å²) in [5.74, 6) is -0.358. The van der Waals surface area contributed by atoms with E-state index in [9.17, 15) is 9.59 Å². The fourth-order valence-corrected chi connectivity index (χ4v) is 2.94. The van der Waals surface area contributed by atoms with Gasteiger partial charge in [0.15, 0.2) is 0 Å². The maximum atomic E-state index is 12.4. The van der Waals surface area contributed by atoms with Crippen molar-refractivity contribution in [2.75, 3.05) is 0 Å². The molecule has 5 nitrogen and oxygen atoms in total. The number of nitrogens with one attached hydrogen (secondary N) is 1. The molecule has 3 aromatic carbocycles. The van der Waals surface area contributed by atoms with Gasteiger partial charge in [-0.3, -0.25) is 0 Å². The second-order valence-corrected chi connectivity index (χ2v) is 8.19. The average Bonchev–Trinajstić information content (AvgIpc) is 2.76. The lowest BCUT2D eigenvalue weighted by Crippen LogP contribution is -2.32. The van der Waals surface area contributed by atoms with Gasteiger partial charge in [0.25, 0.3) is 0 Å². The van der Waals surface area contributed by atoms with E-state index < -0.39 is 11.7 Å². The first-order valence-electron chi connectivity index (χ1n) is 10.2. The molecule has 0 radical (unpaired) electrons. The van der Waals surface area contributed by atoms with Crippen LogP contribution in [0.2, 0.25) is 0 Å². The maximum absolute atomic E-state index is 12.4. The molecule has 0 saturated heterocycles. The Labute approximate surface area is 183 Å². The molecule has 0 aromatic heterocycles. The van der Waals surface area contributed by atoms with Crippen molar-refractivity contribution in [3.63, 3.8) is 0 Å². The van der Waals surface area contributed by atoms with Gasteiger partial charge in [-0.1, -0.05) is 66.7 Å². The minimum atomic E-state index is -0.527. The number of benzene rings is 3. The van der Waals surface area contributed by atoms with Crippen LogP contribution in [0.4, 0.5) is 4.79 Å². The molecule has 3 aromatic rings. The average molecular weight is 418 g/mol. The first-order valence-corrected chi connectivity index (χ1v) is 10.2. The summed E-state index contributed by atoms with van der Waals surface area (Å²) in [5.41, 5.74) is 3.76. The Morgan fingerprint density at radius 2 is 1.52 bits per heavy atom. The van der Waals surface area contributed by atoms with Gasteiger partial charge < -0.3 is 14.8 Å². The molecule has 3 rings (SSSR count). The van der Waals surface area contributed by atoms with Crippen LogP contribution in [0.5, 0.6) is 0 Å². The van der Waals surface area contributed by atoms with Crippen molar-refractivity contribution in [2.24, 2.45) is 0 Å². The van der Waals surface area contributed by atoms with Crippen LogP contribution in [-0.4, -0.2) is 17.7 Å². The molecule has 0 aliphatic carbocycles. The summed E-state index contributed by atoms with van der Waals surface area (Å²) < 4.78 is 10.7. The Morgan fingerprint density at radius 1 is 0.806 bits per heavy atom. The van der Waals surface area contributed by atoms with Crippen LogP contribution in [-0.2, 0) is 22.6 Å². The van der Waals surface area contributed by atoms with Crippen LogP contribution in [0.3, 0.4) is 0 Å². The van der Waals surface area contributed by atoms with E-state index in [2.05, 4.69) is 5.32 Å². The van der Waals surface area contributed by atoms with E-state index in [1.54, 1.807) is 6.07 Å². The minimum Gasteiger partial charge on any atom is -0.457 e. The lowest BCUT2D eigenvalue weighted by Gasteiger charge is -2.19. The highest BCUT2D eigenvalue weighted by molar-refractivity contribution is 5.91. The summed E-state index contributed by atoms with van der Waals surface area (Å²) in [7, 11) is 0. The lowest BCUT2D eigenvalue weighted by molar-refractivity contribution is 0.0471. The van der Waals surface area contributed by atoms with Gasteiger partial charge in [-0.25, -0.2) is 9.59 Å². The molecule has 0 bridgehead atoms. The summed E-state index contributed by atoms with van der Waals surface area (Å²) >= 11 is 0. The monoisotopic (exact) mass is 417 g/mol. The molecular weight excluding hydrogens is 390 g/mol. The fraction of sp³-hybridized carbons (Fsp3) is 0.231. The highest BCUT2D eigenvalue weighted by Crippen LogP contribution is 2.22. The number of ether oxygens (including phenoxy) is 2. The van der Waals surface area contributed by atoms with Gasteiger partial charge in [-0.05, 0) is 55.2 Å². The van der Waals surface area contributed by atoms with E-state index in [1.807, 2.05) is 93.6 Å².